The zero-order chi connectivity index (χ0) is 12.8. The van der Waals surface area contributed by atoms with E-state index in [-0.39, 0.29) is 24.0 Å². The van der Waals surface area contributed by atoms with E-state index in [0.29, 0.717) is 0 Å². The number of nitrogens with zero attached hydrogens (tertiary/aromatic N) is 1. The van der Waals surface area contributed by atoms with Crippen molar-refractivity contribution in [3.63, 3.8) is 0 Å². The molecule has 0 radical (unpaired) electrons. The molecule has 0 amide bonds. The molecule has 0 saturated carbocycles. The van der Waals surface area contributed by atoms with Crippen molar-refractivity contribution in [3.8, 4) is 0 Å². The fourth-order valence-electron chi connectivity index (χ4n) is 2.23. The third kappa shape index (κ3) is 5.74. The molecule has 0 fully saturated rings. The van der Waals surface area contributed by atoms with E-state index in [4.69, 9.17) is 0 Å². The number of likely N-dealkylation sites (N-methyl/N-ethyl adjacent to an activating group) is 1. The summed E-state index contributed by atoms with van der Waals surface area (Å²) in [5.74, 6) is 0. The molecule has 0 aromatic heterocycles. The van der Waals surface area contributed by atoms with E-state index in [9.17, 15) is 0 Å². The molecule has 1 nitrogen and oxygen atoms in total. The molecule has 0 heterocycles. The maximum absolute atomic E-state index is 2.30. The van der Waals surface area contributed by atoms with Gasteiger partial charge in [-0.25, -0.2) is 0 Å². The highest BCUT2D eigenvalue weighted by Crippen LogP contribution is 2.11. The smallest absolute Gasteiger partial charge is 0.104 e. The molecule has 2 aromatic rings. The zero-order valence-corrected chi connectivity index (χ0v) is 13.9. The molecular weight excluding hydrogens is 345 g/mol. The summed E-state index contributed by atoms with van der Waals surface area (Å²) in [6, 6.07) is 21.5. The van der Waals surface area contributed by atoms with Gasteiger partial charge in [-0.05, 0) is 5.56 Å². The molecule has 0 unspecified atom stereocenters. The lowest BCUT2D eigenvalue weighted by Crippen LogP contribution is -3.00. The van der Waals surface area contributed by atoms with Gasteiger partial charge >= 0.3 is 0 Å². The second-order valence-corrected chi connectivity index (χ2v) is 5.54. The average molecular weight is 367 g/mol. The molecule has 19 heavy (non-hydrogen) atoms. The van der Waals surface area contributed by atoms with Crippen LogP contribution >= 0.6 is 0 Å². The van der Waals surface area contributed by atoms with Crippen molar-refractivity contribution < 1.29 is 28.5 Å². The van der Waals surface area contributed by atoms with E-state index in [1.165, 1.54) is 17.7 Å². The Kier molecular flexibility index (Phi) is 6.52. The van der Waals surface area contributed by atoms with Crippen LogP contribution in [0.3, 0.4) is 0 Å². The van der Waals surface area contributed by atoms with Crippen LogP contribution in [0, 0.1) is 0 Å². The number of halogens is 1. The third-order valence-corrected chi connectivity index (χ3v) is 3.30. The van der Waals surface area contributed by atoms with Gasteiger partial charge in [-0.2, -0.15) is 0 Å². The van der Waals surface area contributed by atoms with Gasteiger partial charge in [0.1, 0.15) is 6.54 Å². The summed E-state index contributed by atoms with van der Waals surface area (Å²) in [7, 11) is 4.60. The van der Waals surface area contributed by atoms with Crippen LogP contribution in [0.5, 0.6) is 0 Å². The maximum Gasteiger partial charge on any atom is 0.104 e. The molecule has 2 heteroatoms. The van der Waals surface area contributed by atoms with Crippen molar-refractivity contribution in [3.05, 3.63) is 71.8 Å². The van der Waals surface area contributed by atoms with Crippen molar-refractivity contribution in [2.45, 2.75) is 13.0 Å². The van der Waals surface area contributed by atoms with Crippen molar-refractivity contribution in [1.29, 1.82) is 0 Å². The van der Waals surface area contributed by atoms with Crippen LogP contribution < -0.4 is 24.0 Å². The molecule has 0 atom stereocenters. The molecule has 2 aromatic carbocycles. The lowest BCUT2D eigenvalue weighted by Gasteiger charge is -2.30. The summed E-state index contributed by atoms with van der Waals surface area (Å²) in [5, 5.41) is 0. The first kappa shape index (κ1) is 16.2. The SMILES string of the molecule is C[N+](C)(CCc1ccccc1)Cc1ccccc1.[I-]. The molecule has 0 aliphatic carbocycles. The number of rotatable bonds is 5. The van der Waals surface area contributed by atoms with E-state index in [1.54, 1.807) is 0 Å². The quantitative estimate of drug-likeness (QED) is 0.534. The second-order valence-electron chi connectivity index (χ2n) is 5.54. The third-order valence-electron chi connectivity index (χ3n) is 3.30. The Bertz CT molecular complexity index is 465. The second kappa shape index (κ2) is 7.65. The maximum atomic E-state index is 2.30. The van der Waals surface area contributed by atoms with Gasteiger partial charge in [-0.3, -0.25) is 0 Å². The molecular formula is C17H22IN. The zero-order valence-electron chi connectivity index (χ0n) is 11.7. The Morgan fingerprint density at radius 3 is 1.74 bits per heavy atom. The molecule has 0 aliphatic rings. The van der Waals surface area contributed by atoms with Gasteiger partial charge in [0.15, 0.2) is 0 Å². The predicted octanol–water partition coefficient (Wildman–Crippen LogP) is 0.510. The average Bonchev–Trinajstić information content (AvgIpc) is 2.38. The lowest BCUT2D eigenvalue weighted by atomic mass is 10.1. The van der Waals surface area contributed by atoms with E-state index in [0.717, 1.165) is 17.4 Å². The van der Waals surface area contributed by atoms with Crippen LogP contribution in [0.4, 0.5) is 0 Å². The number of hydrogen-bond acceptors (Lipinski definition) is 0. The Morgan fingerprint density at radius 2 is 1.21 bits per heavy atom. The standard InChI is InChI=1S/C17H22N.HI/c1-18(2,15-17-11-7-4-8-12-17)14-13-16-9-5-3-6-10-16;/h3-12H,13-15H2,1-2H3;1H/q+1;/p-1. The van der Waals surface area contributed by atoms with Crippen LogP contribution in [-0.4, -0.2) is 25.1 Å². The van der Waals surface area contributed by atoms with E-state index < -0.39 is 0 Å². The van der Waals surface area contributed by atoms with Gasteiger partial charge in [0.05, 0.1) is 20.6 Å². The molecule has 102 valence electrons. The summed E-state index contributed by atoms with van der Waals surface area (Å²) in [6.45, 7) is 2.26. The van der Waals surface area contributed by atoms with Crippen LogP contribution in [0.2, 0.25) is 0 Å². The minimum Gasteiger partial charge on any atom is -1.00 e. The molecule has 0 N–H and O–H groups in total. The van der Waals surface area contributed by atoms with Crippen LogP contribution in [0.25, 0.3) is 0 Å². The number of quaternary nitrogens is 1. The molecule has 0 bridgehead atoms. The first-order chi connectivity index (χ1) is 8.66. The Balaban J connectivity index is 0.00000180. The summed E-state index contributed by atoms with van der Waals surface area (Å²) in [6.07, 6.45) is 1.14. The highest BCUT2D eigenvalue weighted by atomic mass is 127. The minimum atomic E-state index is 0. The number of benzene rings is 2. The highest BCUT2D eigenvalue weighted by molar-refractivity contribution is 5.15. The minimum absolute atomic E-state index is 0. The van der Waals surface area contributed by atoms with E-state index in [2.05, 4.69) is 74.8 Å². The topological polar surface area (TPSA) is 0 Å². The monoisotopic (exact) mass is 367 g/mol. The number of hydrogen-bond donors (Lipinski definition) is 0. The lowest BCUT2D eigenvalue weighted by molar-refractivity contribution is -0.903. The largest absolute Gasteiger partial charge is 1.00 e. The molecule has 0 aliphatic heterocycles. The highest BCUT2D eigenvalue weighted by Gasteiger charge is 2.15. The van der Waals surface area contributed by atoms with Crippen molar-refractivity contribution in [2.75, 3.05) is 20.6 Å². The van der Waals surface area contributed by atoms with Crippen molar-refractivity contribution >= 4 is 0 Å². The Hall–Kier alpha value is -0.870. The fourth-order valence-corrected chi connectivity index (χ4v) is 2.23. The fraction of sp³-hybridized carbons (Fsp3) is 0.294. The summed E-state index contributed by atoms with van der Waals surface area (Å²) >= 11 is 0. The first-order valence-electron chi connectivity index (χ1n) is 6.56. The van der Waals surface area contributed by atoms with E-state index >= 15 is 0 Å². The van der Waals surface area contributed by atoms with Gasteiger partial charge in [0, 0.05) is 12.0 Å². The van der Waals surface area contributed by atoms with Crippen molar-refractivity contribution in [2.24, 2.45) is 0 Å². The van der Waals surface area contributed by atoms with Gasteiger partial charge in [0.2, 0.25) is 0 Å². The van der Waals surface area contributed by atoms with Crippen LogP contribution in [0.15, 0.2) is 60.7 Å². The Labute approximate surface area is 133 Å². The first-order valence-corrected chi connectivity index (χ1v) is 6.56. The molecule has 0 saturated heterocycles. The molecule has 0 spiro atoms. The van der Waals surface area contributed by atoms with Gasteiger partial charge in [-0.15, -0.1) is 0 Å². The van der Waals surface area contributed by atoms with Gasteiger partial charge < -0.3 is 28.5 Å². The van der Waals surface area contributed by atoms with E-state index in [1.807, 2.05) is 0 Å². The van der Waals surface area contributed by atoms with Gasteiger partial charge in [-0.1, -0.05) is 60.7 Å². The predicted molar refractivity (Wildman–Crippen MR) is 77.3 cm³/mol. The summed E-state index contributed by atoms with van der Waals surface area (Å²) < 4.78 is 1.03. The summed E-state index contributed by atoms with van der Waals surface area (Å²) in [4.78, 5) is 0. The Morgan fingerprint density at radius 1 is 0.737 bits per heavy atom. The van der Waals surface area contributed by atoms with Crippen LogP contribution in [-0.2, 0) is 13.0 Å². The van der Waals surface area contributed by atoms with Gasteiger partial charge in [0.25, 0.3) is 0 Å². The summed E-state index contributed by atoms with van der Waals surface area (Å²) in [5.41, 5.74) is 2.84. The van der Waals surface area contributed by atoms with Crippen molar-refractivity contribution in [1.82, 2.24) is 0 Å². The van der Waals surface area contributed by atoms with Crippen LogP contribution in [0.1, 0.15) is 11.1 Å². The normalized spacial score (nSPS) is 10.8. The molecule has 2 rings (SSSR count).